The topological polar surface area (TPSA) is 70.8 Å². The van der Waals surface area contributed by atoms with E-state index in [4.69, 9.17) is 19.9 Å². The van der Waals surface area contributed by atoms with Crippen LogP contribution < -0.4 is 5.73 Å². The number of nitrogens with two attached hydrogens (primary N) is 1. The number of rotatable bonds is 10. The van der Waals surface area contributed by atoms with Crippen molar-refractivity contribution in [2.24, 2.45) is 11.7 Å². The van der Waals surface area contributed by atoms with Gasteiger partial charge in [-0.25, -0.2) is 0 Å². The molecule has 0 rings (SSSR count). The molecule has 0 amide bonds. The van der Waals surface area contributed by atoms with Crippen molar-refractivity contribution in [3.8, 4) is 0 Å². The summed E-state index contributed by atoms with van der Waals surface area (Å²) in [5.41, 5.74) is 5.44. The van der Waals surface area contributed by atoms with Gasteiger partial charge in [0.2, 0.25) is 0 Å². The van der Waals surface area contributed by atoms with Gasteiger partial charge in [0, 0.05) is 13.5 Å². The van der Waals surface area contributed by atoms with E-state index in [9.17, 15) is 4.79 Å². The molecule has 5 nitrogen and oxygen atoms in total. The first-order valence-electron chi connectivity index (χ1n) is 5.63. The molecule has 5 heteroatoms. The third-order valence-electron chi connectivity index (χ3n) is 2.17. The Morgan fingerprint density at radius 2 is 1.94 bits per heavy atom. The lowest BCUT2D eigenvalue weighted by Gasteiger charge is -2.08. The Labute approximate surface area is 97.2 Å². The van der Waals surface area contributed by atoms with Crippen LogP contribution in [0.3, 0.4) is 0 Å². The Morgan fingerprint density at radius 1 is 1.25 bits per heavy atom. The molecular formula is C11H23NO4. The molecule has 1 unspecified atom stereocenters. The molecule has 0 spiro atoms. The molecule has 96 valence electrons. The van der Waals surface area contributed by atoms with Crippen LogP contribution in [0.2, 0.25) is 0 Å². The first-order chi connectivity index (χ1) is 7.70. The lowest BCUT2D eigenvalue weighted by atomic mass is 10.1. The Morgan fingerprint density at radius 3 is 2.56 bits per heavy atom. The van der Waals surface area contributed by atoms with Crippen LogP contribution in [0.15, 0.2) is 0 Å². The zero-order valence-electron chi connectivity index (χ0n) is 10.2. The smallest absolute Gasteiger partial charge is 0.305 e. The standard InChI is InChI=1S/C11H23NO4/c1-10(9-12)3-4-11(13)16-8-7-15-6-5-14-2/h10H,3-9,12H2,1-2H3. The van der Waals surface area contributed by atoms with Crippen LogP contribution in [0.1, 0.15) is 19.8 Å². The largest absolute Gasteiger partial charge is 0.463 e. The summed E-state index contributed by atoms with van der Waals surface area (Å²) in [5, 5.41) is 0. The van der Waals surface area contributed by atoms with E-state index in [0.717, 1.165) is 6.42 Å². The summed E-state index contributed by atoms with van der Waals surface area (Å²) in [4.78, 5) is 11.2. The molecule has 0 saturated heterocycles. The predicted molar refractivity (Wildman–Crippen MR) is 61.1 cm³/mol. The Balaban J connectivity index is 3.24. The zero-order valence-corrected chi connectivity index (χ0v) is 10.2. The third-order valence-corrected chi connectivity index (χ3v) is 2.17. The Hall–Kier alpha value is -0.650. The van der Waals surface area contributed by atoms with Crippen LogP contribution in [0.25, 0.3) is 0 Å². The molecule has 0 aliphatic heterocycles. The fourth-order valence-electron chi connectivity index (χ4n) is 1.01. The average Bonchev–Trinajstić information content (AvgIpc) is 2.30. The number of ether oxygens (including phenoxy) is 3. The second-order valence-electron chi connectivity index (χ2n) is 3.71. The third kappa shape index (κ3) is 9.89. The van der Waals surface area contributed by atoms with Crippen molar-refractivity contribution in [2.75, 3.05) is 40.1 Å². The van der Waals surface area contributed by atoms with E-state index in [1.165, 1.54) is 0 Å². The zero-order chi connectivity index (χ0) is 12.2. The van der Waals surface area contributed by atoms with Gasteiger partial charge in [0.05, 0.1) is 19.8 Å². The maximum atomic E-state index is 11.2. The van der Waals surface area contributed by atoms with Crippen LogP contribution in [-0.4, -0.2) is 46.1 Å². The minimum atomic E-state index is -0.185. The monoisotopic (exact) mass is 233 g/mol. The summed E-state index contributed by atoms with van der Waals surface area (Å²) >= 11 is 0. The van der Waals surface area contributed by atoms with Gasteiger partial charge >= 0.3 is 5.97 Å². The van der Waals surface area contributed by atoms with Crippen molar-refractivity contribution in [2.45, 2.75) is 19.8 Å². The van der Waals surface area contributed by atoms with Gasteiger partial charge in [-0.3, -0.25) is 4.79 Å². The first-order valence-corrected chi connectivity index (χ1v) is 5.63. The van der Waals surface area contributed by atoms with Gasteiger partial charge in [0.25, 0.3) is 0 Å². The van der Waals surface area contributed by atoms with E-state index in [-0.39, 0.29) is 5.97 Å². The molecule has 2 N–H and O–H groups in total. The van der Waals surface area contributed by atoms with Gasteiger partial charge in [0.15, 0.2) is 0 Å². The summed E-state index contributed by atoms with van der Waals surface area (Å²) in [6, 6.07) is 0. The number of hydrogen-bond donors (Lipinski definition) is 1. The van der Waals surface area contributed by atoms with E-state index in [2.05, 4.69) is 0 Å². The van der Waals surface area contributed by atoms with Crippen molar-refractivity contribution in [3.05, 3.63) is 0 Å². The maximum absolute atomic E-state index is 11.2. The van der Waals surface area contributed by atoms with Crippen LogP contribution in [0.4, 0.5) is 0 Å². The molecule has 0 aromatic heterocycles. The summed E-state index contributed by atoms with van der Waals surface area (Å²) in [5.74, 6) is 0.182. The normalized spacial score (nSPS) is 12.4. The molecule has 0 aliphatic carbocycles. The predicted octanol–water partition coefficient (Wildman–Crippen LogP) is 0.568. The molecule has 1 atom stereocenters. The highest BCUT2D eigenvalue weighted by atomic mass is 16.6. The summed E-state index contributed by atoms with van der Waals surface area (Å²) < 4.78 is 14.9. The van der Waals surface area contributed by atoms with E-state index in [1.807, 2.05) is 6.92 Å². The number of carbonyl (C=O) groups excluding carboxylic acids is 1. The molecule has 0 aliphatic rings. The van der Waals surface area contributed by atoms with Gasteiger partial charge in [0.1, 0.15) is 6.61 Å². The number of methoxy groups -OCH3 is 1. The van der Waals surface area contributed by atoms with Gasteiger partial charge < -0.3 is 19.9 Å². The highest BCUT2D eigenvalue weighted by Crippen LogP contribution is 2.03. The molecule has 16 heavy (non-hydrogen) atoms. The van der Waals surface area contributed by atoms with E-state index in [0.29, 0.717) is 45.3 Å². The highest BCUT2D eigenvalue weighted by Gasteiger charge is 2.06. The van der Waals surface area contributed by atoms with Crippen LogP contribution >= 0.6 is 0 Å². The quantitative estimate of drug-likeness (QED) is 0.441. The molecular weight excluding hydrogens is 210 g/mol. The van der Waals surface area contributed by atoms with Gasteiger partial charge in [-0.2, -0.15) is 0 Å². The van der Waals surface area contributed by atoms with Crippen molar-refractivity contribution >= 4 is 5.97 Å². The number of esters is 1. The van der Waals surface area contributed by atoms with Crippen molar-refractivity contribution < 1.29 is 19.0 Å². The minimum Gasteiger partial charge on any atom is -0.463 e. The Kier molecular flexibility index (Phi) is 10.4. The van der Waals surface area contributed by atoms with E-state index >= 15 is 0 Å². The second-order valence-corrected chi connectivity index (χ2v) is 3.71. The summed E-state index contributed by atoms with van der Waals surface area (Å²) in [7, 11) is 1.61. The molecule has 0 heterocycles. The van der Waals surface area contributed by atoms with Crippen molar-refractivity contribution in [3.63, 3.8) is 0 Å². The van der Waals surface area contributed by atoms with Crippen LogP contribution in [-0.2, 0) is 19.0 Å². The average molecular weight is 233 g/mol. The van der Waals surface area contributed by atoms with E-state index in [1.54, 1.807) is 7.11 Å². The summed E-state index contributed by atoms with van der Waals surface area (Å²) in [6.07, 6.45) is 1.20. The lowest BCUT2D eigenvalue weighted by Crippen LogP contribution is -2.15. The van der Waals surface area contributed by atoms with E-state index < -0.39 is 0 Å². The molecule has 0 aromatic carbocycles. The lowest BCUT2D eigenvalue weighted by molar-refractivity contribution is -0.145. The fraction of sp³-hybridized carbons (Fsp3) is 0.909. The molecule has 0 bridgehead atoms. The Bertz CT molecular complexity index is 175. The first kappa shape index (κ1) is 15.3. The molecule has 0 fully saturated rings. The SMILES string of the molecule is COCCOCCOC(=O)CCC(C)CN. The molecule has 0 saturated carbocycles. The maximum Gasteiger partial charge on any atom is 0.305 e. The summed E-state index contributed by atoms with van der Waals surface area (Å²) in [6.45, 7) is 4.43. The molecule has 0 radical (unpaired) electrons. The van der Waals surface area contributed by atoms with Gasteiger partial charge in [-0.1, -0.05) is 6.92 Å². The number of hydrogen-bond acceptors (Lipinski definition) is 5. The fourth-order valence-corrected chi connectivity index (χ4v) is 1.01. The van der Waals surface area contributed by atoms with Crippen molar-refractivity contribution in [1.82, 2.24) is 0 Å². The highest BCUT2D eigenvalue weighted by molar-refractivity contribution is 5.69. The van der Waals surface area contributed by atoms with Crippen LogP contribution in [0.5, 0.6) is 0 Å². The van der Waals surface area contributed by atoms with Gasteiger partial charge in [-0.15, -0.1) is 0 Å². The number of carbonyl (C=O) groups is 1. The van der Waals surface area contributed by atoms with Gasteiger partial charge in [-0.05, 0) is 18.9 Å². The van der Waals surface area contributed by atoms with Crippen molar-refractivity contribution in [1.29, 1.82) is 0 Å². The van der Waals surface area contributed by atoms with Crippen LogP contribution in [0, 0.1) is 5.92 Å². The minimum absolute atomic E-state index is 0.185. The second kappa shape index (κ2) is 10.9. The molecule has 0 aromatic rings.